The van der Waals surface area contributed by atoms with Gasteiger partial charge >= 0.3 is 0 Å². The van der Waals surface area contributed by atoms with Crippen LogP contribution in [0.2, 0.25) is 0 Å². The van der Waals surface area contributed by atoms with Gasteiger partial charge in [0.2, 0.25) is 0 Å². The van der Waals surface area contributed by atoms with Crippen molar-refractivity contribution >= 4 is 0 Å². The first kappa shape index (κ1) is 12.7. The highest BCUT2D eigenvalue weighted by atomic mass is 16.3. The highest BCUT2D eigenvalue weighted by Gasteiger charge is 2.11. The van der Waals surface area contributed by atoms with Crippen molar-refractivity contribution in [2.24, 2.45) is 0 Å². The molecule has 1 N–H and O–H groups in total. The van der Waals surface area contributed by atoms with E-state index in [1.807, 2.05) is 18.2 Å². The van der Waals surface area contributed by atoms with Gasteiger partial charge in [-0.25, -0.2) is 0 Å². The van der Waals surface area contributed by atoms with Crippen molar-refractivity contribution in [3.05, 3.63) is 65.2 Å². The topological polar surface area (TPSA) is 20.2 Å². The molecule has 0 saturated carbocycles. The molecule has 1 nitrogen and oxygen atoms in total. The second-order valence-electron chi connectivity index (χ2n) is 4.79. The molecule has 0 spiro atoms. The van der Waals surface area contributed by atoms with E-state index < -0.39 is 0 Å². The number of phenolic OH excluding ortho intramolecular Hbond substituents is 1. The van der Waals surface area contributed by atoms with Gasteiger partial charge in [-0.2, -0.15) is 0 Å². The summed E-state index contributed by atoms with van der Waals surface area (Å²) in [4.78, 5) is 0. The Kier molecular flexibility index (Phi) is 4.03. The van der Waals surface area contributed by atoms with E-state index in [2.05, 4.69) is 38.1 Å². The fraction of sp³-hybridized carbons (Fsp3) is 0.294. The van der Waals surface area contributed by atoms with Crippen molar-refractivity contribution in [1.82, 2.24) is 0 Å². The van der Waals surface area contributed by atoms with Crippen LogP contribution in [0.3, 0.4) is 0 Å². The van der Waals surface area contributed by atoms with E-state index in [0.717, 1.165) is 18.4 Å². The first-order valence-electron chi connectivity index (χ1n) is 6.57. The molecule has 0 bridgehead atoms. The zero-order valence-electron chi connectivity index (χ0n) is 11.1. The molecule has 2 aromatic carbocycles. The van der Waals surface area contributed by atoms with Crippen LogP contribution in [-0.2, 0) is 12.8 Å². The molecule has 1 unspecified atom stereocenters. The van der Waals surface area contributed by atoms with Crippen LogP contribution in [0.25, 0.3) is 0 Å². The Hall–Kier alpha value is -1.76. The third-order valence-electron chi connectivity index (χ3n) is 3.48. The van der Waals surface area contributed by atoms with Crippen molar-refractivity contribution < 1.29 is 5.11 Å². The largest absolute Gasteiger partial charge is 0.508 e. The first-order valence-corrected chi connectivity index (χ1v) is 6.57. The Balaban J connectivity index is 2.22. The van der Waals surface area contributed by atoms with E-state index in [4.69, 9.17) is 0 Å². The van der Waals surface area contributed by atoms with E-state index in [-0.39, 0.29) is 0 Å². The fourth-order valence-electron chi connectivity index (χ4n) is 2.46. The van der Waals surface area contributed by atoms with Crippen LogP contribution in [0.15, 0.2) is 48.5 Å². The Bertz CT molecular complexity index is 517. The quantitative estimate of drug-likeness (QED) is 0.844. The molecule has 1 atom stereocenters. The van der Waals surface area contributed by atoms with Crippen LogP contribution >= 0.6 is 0 Å². The molecule has 0 fully saturated rings. The lowest BCUT2D eigenvalue weighted by Gasteiger charge is -2.16. The molecule has 0 saturated heterocycles. The van der Waals surface area contributed by atoms with Crippen LogP contribution < -0.4 is 0 Å². The summed E-state index contributed by atoms with van der Waals surface area (Å²) in [5.41, 5.74) is 3.82. The fourth-order valence-corrected chi connectivity index (χ4v) is 2.46. The molecule has 0 aliphatic heterocycles. The number of para-hydroxylation sites is 1. The number of hydrogen-bond donors (Lipinski definition) is 1. The van der Waals surface area contributed by atoms with Gasteiger partial charge < -0.3 is 5.11 Å². The third kappa shape index (κ3) is 2.73. The zero-order valence-corrected chi connectivity index (χ0v) is 11.1. The third-order valence-corrected chi connectivity index (χ3v) is 3.48. The van der Waals surface area contributed by atoms with E-state index in [0.29, 0.717) is 11.7 Å². The second kappa shape index (κ2) is 5.72. The minimum atomic E-state index is 0.401. The normalized spacial score (nSPS) is 12.3. The average molecular weight is 240 g/mol. The molecule has 1 heteroatoms. The predicted molar refractivity (Wildman–Crippen MR) is 76.0 cm³/mol. The summed E-state index contributed by atoms with van der Waals surface area (Å²) in [5.74, 6) is 0.827. The van der Waals surface area contributed by atoms with Gasteiger partial charge in [0.25, 0.3) is 0 Å². The SMILES string of the molecule is CCc1ccccc1C(C)Cc1ccccc1O. The highest BCUT2D eigenvalue weighted by molar-refractivity contribution is 5.36. The van der Waals surface area contributed by atoms with E-state index >= 15 is 0 Å². The minimum Gasteiger partial charge on any atom is -0.508 e. The molecular formula is C17H20O. The van der Waals surface area contributed by atoms with Crippen LogP contribution in [0.4, 0.5) is 0 Å². The second-order valence-corrected chi connectivity index (χ2v) is 4.79. The maximum absolute atomic E-state index is 9.83. The summed E-state index contributed by atoms with van der Waals surface area (Å²) in [6.07, 6.45) is 1.94. The Labute approximate surface area is 109 Å². The summed E-state index contributed by atoms with van der Waals surface area (Å²) in [6.45, 7) is 4.41. The Morgan fingerprint density at radius 2 is 1.56 bits per heavy atom. The zero-order chi connectivity index (χ0) is 13.0. The lowest BCUT2D eigenvalue weighted by Crippen LogP contribution is -2.02. The lowest BCUT2D eigenvalue weighted by molar-refractivity contribution is 0.466. The van der Waals surface area contributed by atoms with E-state index in [1.54, 1.807) is 6.07 Å². The van der Waals surface area contributed by atoms with Gasteiger partial charge in [0, 0.05) is 0 Å². The van der Waals surface area contributed by atoms with E-state index in [1.165, 1.54) is 11.1 Å². The number of benzene rings is 2. The number of hydrogen-bond acceptors (Lipinski definition) is 1. The number of phenols is 1. The molecule has 0 aliphatic rings. The van der Waals surface area contributed by atoms with Crippen LogP contribution in [0, 0.1) is 0 Å². The summed E-state index contributed by atoms with van der Waals surface area (Å²) in [7, 11) is 0. The Morgan fingerprint density at radius 3 is 2.22 bits per heavy atom. The summed E-state index contributed by atoms with van der Waals surface area (Å²) in [5, 5.41) is 9.83. The van der Waals surface area contributed by atoms with Gasteiger partial charge in [-0.3, -0.25) is 0 Å². The number of aryl methyl sites for hydroxylation is 1. The molecule has 0 aromatic heterocycles. The van der Waals surface area contributed by atoms with Gasteiger partial charge in [-0.15, -0.1) is 0 Å². The standard InChI is InChI=1S/C17H20O/c1-3-14-8-4-6-10-16(14)13(2)12-15-9-5-7-11-17(15)18/h4-11,13,18H,3,12H2,1-2H3. The van der Waals surface area contributed by atoms with Crippen LogP contribution in [0.1, 0.15) is 36.5 Å². The van der Waals surface area contributed by atoms with Crippen molar-refractivity contribution in [2.75, 3.05) is 0 Å². The molecular weight excluding hydrogens is 220 g/mol. The van der Waals surface area contributed by atoms with Crippen molar-refractivity contribution in [1.29, 1.82) is 0 Å². The highest BCUT2D eigenvalue weighted by Crippen LogP contribution is 2.27. The molecule has 2 aromatic rings. The molecule has 18 heavy (non-hydrogen) atoms. The minimum absolute atomic E-state index is 0.401. The monoisotopic (exact) mass is 240 g/mol. The molecule has 94 valence electrons. The summed E-state index contributed by atoms with van der Waals surface area (Å²) in [6, 6.07) is 16.2. The first-order chi connectivity index (χ1) is 8.72. The van der Waals surface area contributed by atoms with Gasteiger partial charge in [-0.1, -0.05) is 56.3 Å². The maximum atomic E-state index is 9.83. The van der Waals surface area contributed by atoms with Crippen molar-refractivity contribution in [3.8, 4) is 5.75 Å². The smallest absolute Gasteiger partial charge is 0.118 e. The molecule has 0 amide bonds. The lowest BCUT2D eigenvalue weighted by atomic mass is 9.89. The van der Waals surface area contributed by atoms with Gasteiger partial charge in [0.15, 0.2) is 0 Å². The van der Waals surface area contributed by atoms with Crippen molar-refractivity contribution in [3.63, 3.8) is 0 Å². The summed E-state index contributed by atoms with van der Waals surface area (Å²) >= 11 is 0. The van der Waals surface area contributed by atoms with Crippen LogP contribution in [0.5, 0.6) is 5.75 Å². The molecule has 0 radical (unpaired) electrons. The summed E-state index contributed by atoms with van der Waals surface area (Å²) < 4.78 is 0. The van der Waals surface area contributed by atoms with Gasteiger partial charge in [0.1, 0.15) is 5.75 Å². The Morgan fingerprint density at radius 1 is 0.944 bits per heavy atom. The number of aromatic hydroxyl groups is 1. The molecule has 2 rings (SSSR count). The maximum Gasteiger partial charge on any atom is 0.118 e. The van der Waals surface area contributed by atoms with Crippen molar-refractivity contribution in [2.45, 2.75) is 32.6 Å². The average Bonchev–Trinajstić information content (AvgIpc) is 2.41. The number of rotatable bonds is 4. The molecule has 0 aliphatic carbocycles. The van der Waals surface area contributed by atoms with Gasteiger partial charge in [-0.05, 0) is 41.5 Å². The van der Waals surface area contributed by atoms with E-state index in [9.17, 15) is 5.11 Å². The van der Waals surface area contributed by atoms with Gasteiger partial charge in [0.05, 0.1) is 0 Å². The molecule has 0 heterocycles. The predicted octanol–water partition coefficient (Wildman–Crippen LogP) is 4.30. The van der Waals surface area contributed by atoms with Crippen LogP contribution in [-0.4, -0.2) is 5.11 Å².